The molecule has 172 valence electrons. The number of likely N-dealkylation sites (N-methyl/N-ethyl adjacent to an activating group) is 1. The molecule has 2 aromatic carbocycles. The average molecular weight is 477 g/mol. The van der Waals surface area contributed by atoms with Crippen LogP contribution < -0.4 is 0 Å². The van der Waals surface area contributed by atoms with Crippen molar-refractivity contribution in [1.82, 2.24) is 4.90 Å². The molecule has 1 aromatic heterocycles. The van der Waals surface area contributed by atoms with Gasteiger partial charge in [-0.15, -0.1) is 0 Å². The molecule has 1 saturated heterocycles. The summed E-state index contributed by atoms with van der Waals surface area (Å²) < 4.78 is 5.81. The lowest BCUT2D eigenvalue weighted by Gasteiger charge is -2.12. The Kier molecular flexibility index (Phi) is 6.33. The summed E-state index contributed by atoms with van der Waals surface area (Å²) in [6.07, 6.45) is 1.56. The highest BCUT2D eigenvalue weighted by atomic mass is 32.2. The van der Waals surface area contributed by atoms with Gasteiger partial charge in [-0.2, -0.15) is 0 Å². The maximum absolute atomic E-state index is 12.9. The molecule has 2 heterocycles. The van der Waals surface area contributed by atoms with Crippen LogP contribution in [0.15, 0.2) is 68.9 Å². The Morgan fingerprint density at radius 3 is 2.74 bits per heavy atom. The Morgan fingerprint density at radius 2 is 2.03 bits per heavy atom. The zero-order valence-corrected chi connectivity index (χ0v) is 19.0. The highest BCUT2D eigenvalue weighted by molar-refractivity contribution is 8.18. The zero-order valence-electron chi connectivity index (χ0n) is 18.2. The summed E-state index contributed by atoms with van der Waals surface area (Å²) in [5.41, 5.74) is 1.57. The summed E-state index contributed by atoms with van der Waals surface area (Å²) in [4.78, 5) is 41.4. The number of nitrogens with zero attached hydrogens (tertiary/aromatic N) is 3. The number of amidine groups is 1. The summed E-state index contributed by atoms with van der Waals surface area (Å²) in [5, 5.41) is 21.0. The summed E-state index contributed by atoms with van der Waals surface area (Å²) in [7, 11) is 0. The maximum Gasteiger partial charge on any atom is 0.335 e. The van der Waals surface area contributed by atoms with Crippen molar-refractivity contribution >= 4 is 46.3 Å². The molecule has 34 heavy (non-hydrogen) atoms. The van der Waals surface area contributed by atoms with Crippen LogP contribution in [-0.4, -0.2) is 38.5 Å². The molecule has 0 atom stereocenters. The van der Waals surface area contributed by atoms with Crippen LogP contribution in [0.1, 0.15) is 28.6 Å². The number of carboxylic acids is 1. The number of benzene rings is 2. The van der Waals surface area contributed by atoms with Gasteiger partial charge in [-0.25, -0.2) is 9.79 Å². The summed E-state index contributed by atoms with van der Waals surface area (Å²) in [6.45, 7) is 3.96. The van der Waals surface area contributed by atoms with Crippen molar-refractivity contribution in [3.05, 3.63) is 86.5 Å². The molecule has 9 nitrogen and oxygen atoms in total. The molecule has 10 heteroatoms. The number of aliphatic imine (C=N–C) groups is 1. The van der Waals surface area contributed by atoms with Crippen LogP contribution >= 0.6 is 11.8 Å². The number of carbonyl (C=O) groups excluding carboxylic acids is 1. The van der Waals surface area contributed by atoms with Gasteiger partial charge in [0.25, 0.3) is 11.6 Å². The van der Waals surface area contributed by atoms with E-state index in [-0.39, 0.29) is 17.2 Å². The predicted molar refractivity (Wildman–Crippen MR) is 129 cm³/mol. The van der Waals surface area contributed by atoms with E-state index in [2.05, 4.69) is 4.99 Å². The van der Waals surface area contributed by atoms with E-state index in [0.717, 1.165) is 17.3 Å². The average Bonchev–Trinajstić information content (AvgIpc) is 3.38. The third-order valence-electron chi connectivity index (χ3n) is 5.04. The van der Waals surface area contributed by atoms with E-state index in [4.69, 9.17) is 4.42 Å². The van der Waals surface area contributed by atoms with E-state index in [1.165, 1.54) is 23.1 Å². The van der Waals surface area contributed by atoms with Gasteiger partial charge in [-0.3, -0.25) is 19.8 Å². The Labute approximate surface area is 198 Å². The largest absolute Gasteiger partial charge is 0.478 e. The van der Waals surface area contributed by atoms with Crippen LogP contribution in [0.25, 0.3) is 17.4 Å². The first kappa shape index (κ1) is 23.0. The van der Waals surface area contributed by atoms with Crippen molar-refractivity contribution < 1.29 is 24.0 Å². The SMILES string of the molecule is CCN1C(=O)/C(=C\c2ccc(-c3ccc(C)cc3[N+](=O)[O-])o2)SC1=Nc1cccc(C(=O)O)c1. The molecule has 1 N–H and O–H groups in total. The summed E-state index contributed by atoms with van der Waals surface area (Å²) in [5.74, 6) is -0.640. The molecule has 0 spiro atoms. The molecular formula is C24H19N3O6S. The van der Waals surface area contributed by atoms with Gasteiger partial charge >= 0.3 is 5.97 Å². The highest BCUT2D eigenvalue weighted by Crippen LogP contribution is 2.36. The third-order valence-corrected chi connectivity index (χ3v) is 6.04. The molecular weight excluding hydrogens is 458 g/mol. The molecule has 0 saturated carbocycles. The number of rotatable bonds is 6. The molecule has 0 bridgehead atoms. The normalized spacial score (nSPS) is 15.9. The Bertz CT molecular complexity index is 1370. The number of furan rings is 1. The molecule has 0 unspecified atom stereocenters. The topological polar surface area (TPSA) is 126 Å². The fraction of sp³-hybridized carbons (Fsp3) is 0.125. The van der Waals surface area contributed by atoms with Gasteiger partial charge in [-0.05, 0) is 67.6 Å². The van der Waals surface area contributed by atoms with Crippen molar-refractivity contribution in [1.29, 1.82) is 0 Å². The minimum Gasteiger partial charge on any atom is -0.478 e. The molecule has 0 radical (unpaired) electrons. The first-order valence-corrected chi connectivity index (χ1v) is 11.1. The Morgan fingerprint density at radius 1 is 1.24 bits per heavy atom. The van der Waals surface area contributed by atoms with Gasteiger partial charge < -0.3 is 9.52 Å². The van der Waals surface area contributed by atoms with E-state index < -0.39 is 10.9 Å². The maximum atomic E-state index is 12.9. The second kappa shape index (κ2) is 9.36. The molecule has 4 rings (SSSR count). The summed E-state index contributed by atoms with van der Waals surface area (Å²) in [6, 6.07) is 14.3. The highest BCUT2D eigenvalue weighted by Gasteiger charge is 2.32. The number of nitro groups is 1. The lowest BCUT2D eigenvalue weighted by molar-refractivity contribution is -0.384. The second-order valence-corrected chi connectivity index (χ2v) is 8.40. The number of amides is 1. The number of carbonyl (C=O) groups is 2. The molecule has 1 fully saturated rings. The van der Waals surface area contributed by atoms with Crippen molar-refractivity contribution in [3.63, 3.8) is 0 Å². The van der Waals surface area contributed by atoms with Gasteiger partial charge in [0, 0.05) is 18.7 Å². The van der Waals surface area contributed by atoms with Crippen molar-refractivity contribution in [2.24, 2.45) is 4.99 Å². The first-order valence-electron chi connectivity index (χ1n) is 10.3. The smallest absolute Gasteiger partial charge is 0.335 e. The molecule has 1 amide bonds. The van der Waals surface area contributed by atoms with Crippen LogP contribution in [0.5, 0.6) is 0 Å². The number of carboxylic acid groups (broad SMARTS) is 1. The quantitative estimate of drug-likeness (QED) is 0.283. The molecule has 0 aliphatic carbocycles. The summed E-state index contributed by atoms with van der Waals surface area (Å²) >= 11 is 1.14. The molecule has 3 aromatic rings. The van der Waals surface area contributed by atoms with E-state index >= 15 is 0 Å². The number of aryl methyl sites for hydroxylation is 1. The number of hydrogen-bond donors (Lipinski definition) is 1. The second-order valence-electron chi connectivity index (χ2n) is 7.39. The number of aromatic carboxylic acids is 1. The first-order chi connectivity index (χ1) is 16.3. The van der Waals surface area contributed by atoms with Gasteiger partial charge in [0.1, 0.15) is 11.5 Å². The van der Waals surface area contributed by atoms with E-state index in [1.807, 2.05) is 6.92 Å². The van der Waals surface area contributed by atoms with Gasteiger partial charge in [-0.1, -0.05) is 12.1 Å². The van der Waals surface area contributed by atoms with E-state index in [0.29, 0.717) is 39.4 Å². The Balaban J connectivity index is 1.64. The van der Waals surface area contributed by atoms with E-state index in [9.17, 15) is 24.8 Å². The van der Waals surface area contributed by atoms with Gasteiger partial charge in [0.05, 0.1) is 26.6 Å². The van der Waals surface area contributed by atoms with Crippen molar-refractivity contribution in [2.75, 3.05) is 6.54 Å². The number of hydrogen-bond acceptors (Lipinski definition) is 7. The Hall–Kier alpha value is -4.18. The molecule has 1 aliphatic rings. The third kappa shape index (κ3) is 4.62. The fourth-order valence-corrected chi connectivity index (χ4v) is 4.44. The van der Waals surface area contributed by atoms with Crippen molar-refractivity contribution in [3.8, 4) is 11.3 Å². The zero-order chi connectivity index (χ0) is 24.4. The minimum absolute atomic E-state index is 0.0601. The van der Waals surface area contributed by atoms with Crippen molar-refractivity contribution in [2.45, 2.75) is 13.8 Å². The number of nitro benzene ring substituents is 1. The minimum atomic E-state index is -1.06. The predicted octanol–water partition coefficient (Wildman–Crippen LogP) is 5.49. The van der Waals surface area contributed by atoms with Gasteiger partial charge in [0.15, 0.2) is 5.17 Å². The van der Waals surface area contributed by atoms with Gasteiger partial charge in [0.2, 0.25) is 0 Å². The molecule has 1 aliphatic heterocycles. The lowest BCUT2D eigenvalue weighted by Crippen LogP contribution is -2.28. The van der Waals surface area contributed by atoms with E-state index in [1.54, 1.807) is 49.4 Å². The lowest BCUT2D eigenvalue weighted by atomic mass is 10.1. The van der Waals surface area contributed by atoms with Crippen LogP contribution in [0.2, 0.25) is 0 Å². The van der Waals surface area contributed by atoms with Crippen LogP contribution in [-0.2, 0) is 4.79 Å². The standard InChI is InChI=1S/C24H19N3O6S/c1-3-26-22(28)21(34-24(26)25-16-6-4-5-15(12-16)23(29)30)13-17-8-10-20(33-17)18-9-7-14(2)11-19(18)27(31)32/h4-13H,3H2,1-2H3,(H,29,30)/b21-13+,25-24?. The fourth-order valence-electron chi connectivity index (χ4n) is 3.39. The van der Waals surface area contributed by atoms with Crippen LogP contribution in [0, 0.1) is 17.0 Å². The van der Waals surface area contributed by atoms with Crippen LogP contribution in [0.4, 0.5) is 11.4 Å². The van der Waals surface area contributed by atoms with Crippen LogP contribution in [0.3, 0.4) is 0 Å². The monoisotopic (exact) mass is 477 g/mol. The number of thioether (sulfide) groups is 1.